The van der Waals surface area contributed by atoms with Crippen LogP contribution in [0.1, 0.15) is 91.9 Å². The fourth-order valence-electron chi connectivity index (χ4n) is 19.4. The van der Waals surface area contributed by atoms with Gasteiger partial charge in [-0.15, -0.1) is 0 Å². The van der Waals surface area contributed by atoms with Crippen molar-refractivity contribution in [3.63, 3.8) is 0 Å². The third-order valence-electron chi connectivity index (χ3n) is 24.5. The Balaban J connectivity index is 0.000000112. The van der Waals surface area contributed by atoms with Crippen molar-refractivity contribution in [1.29, 1.82) is 0 Å². The van der Waals surface area contributed by atoms with Crippen LogP contribution >= 0.6 is 30.5 Å². The van der Waals surface area contributed by atoms with Gasteiger partial charge in [0.2, 0.25) is 0 Å². The van der Waals surface area contributed by atoms with Crippen LogP contribution in [0.3, 0.4) is 0 Å². The first-order valence-electron chi connectivity index (χ1n) is 43.7. The molecular formula is C114H100IN4O2P. The van der Waals surface area contributed by atoms with Crippen molar-refractivity contribution >= 4 is 166 Å². The maximum Gasteiger partial charge on any atom is 0.131 e. The Kier molecular flexibility index (Phi) is 23.4. The summed E-state index contributed by atoms with van der Waals surface area (Å²) in [6.07, 6.45) is 14.4. The third-order valence-corrected chi connectivity index (χ3v) is 28.8. The summed E-state index contributed by atoms with van der Waals surface area (Å²) in [5.74, 6) is 1.91. The number of benzene rings is 16. The van der Waals surface area contributed by atoms with Crippen LogP contribution in [-0.4, -0.2) is 42.2 Å². The first-order valence-corrected chi connectivity index (χ1v) is 46.2. The number of halogens is 1. The maximum absolute atomic E-state index is 6.37. The lowest BCUT2D eigenvalue weighted by Gasteiger charge is -2.39. The number of para-hydroxylation sites is 8. The molecule has 0 atom stereocenters. The molecule has 122 heavy (non-hydrogen) atoms. The Morgan fingerprint density at radius 2 is 0.533 bits per heavy atom. The molecule has 2 saturated carbocycles. The van der Waals surface area contributed by atoms with Gasteiger partial charge < -0.3 is 28.2 Å². The lowest BCUT2D eigenvalue weighted by molar-refractivity contribution is 0.231. The zero-order chi connectivity index (χ0) is 82.4. The van der Waals surface area contributed by atoms with Gasteiger partial charge in [0.1, 0.15) is 11.5 Å². The monoisotopic (exact) mass is 1710 g/mol. The minimum atomic E-state index is -0.213. The molecule has 2 aliphatic rings. The number of aromatic nitrogens is 4. The van der Waals surface area contributed by atoms with E-state index in [1.165, 1.54) is 187 Å². The Bertz CT molecular complexity index is 7020. The Morgan fingerprint density at radius 3 is 0.877 bits per heavy atom. The molecule has 0 aliphatic heterocycles. The second-order valence-corrected chi connectivity index (χ2v) is 37.0. The van der Waals surface area contributed by atoms with Crippen molar-refractivity contribution in [2.24, 2.45) is 0 Å². The molecule has 0 radical (unpaired) electrons. The van der Waals surface area contributed by atoms with E-state index in [1.807, 2.05) is 0 Å². The molecule has 2 aliphatic carbocycles. The van der Waals surface area contributed by atoms with Crippen LogP contribution in [0.4, 0.5) is 0 Å². The fraction of sp³-hybridized carbons (Fsp3) is 0.158. The number of ether oxygens (including phenoxy) is 2. The van der Waals surface area contributed by atoms with Crippen molar-refractivity contribution < 1.29 is 9.47 Å². The molecule has 16 aromatic carbocycles. The van der Waals surface area contributed by atoms with Gasteiger partial charge in [-0.05, 0) is 238 Å². The smallest absolute Gasteiger partial charge is 0.131 e. The zero-order valence-corrected chi connectivity index (χ0v) is 72.8. The van der Waals surface area contributed by atoms with Crippen LogP contribution in [0.15, 0.2) is 382 Å². The van der Waals surface area contributed by atoms with Gasteiger partial charge in [0, 0.05) is 74.8 Å². The Labute approximate surface area is 729 Å². The molecule has 4 aromatic heterocycles. The number of nitrogens with one attached hydrogen (secondary N) is 1. The van der Waals surface area contributed by atoms with E-state index >= 15 is 0 Å². The molecule has 6 nitrogen and oxygen atoms in total. The highest BCUT2D eigenvalue weighted by atomic mass is 127. The van der Waals surface area contributed by atoms with Gasteiger partial charge >= 0.3 is 0 Å². The van der Waals surface area contributed by atoms with Gasteiger partial charge in [0.25, 0.3) is 0 Å². The SMILES string of the molecule is CC(C)Oc1cccc(OC(C)C)c1-c1ccccc1P(C1CCCCC1)C1CCCCC1.Ic1cccc(-n2c3ccccc3c3ccccc32)c1.c1cc(-n2c3ccccc3c3ccccc3c3ccccc3c3ccccc32)cc(-n2c3ccccc3c3ccccc32)c1.c1ccc2c(c1)[nH]c1ccccc1c1ccccc1c1ccccc21. The highest BCUT2D eigenvalue weighted by molar-refractivity contribution is 14.1. The van der Waals surface area contributed by atoms with Gasteiger partial charge in [0.05, 0.1) is 50.9 Å². The van der Waals surface area contributed by atoms with Crippen LogP contribution in [0.2, 0.25) is 0 Å². The number of H-pyrrole nitrogens is 1. The summed E-state index contributed by atoms with van der Waals surface area (Å²) < 4.78 is 21.2. The standard InChI is InChI=1S/C42H28N2.C30H43O2P.C24H17N.C18H12IN/c1-3-18-33-31(16-1)32-17-2-4-19-34(32)36-21-6-10-25-40(36)43(39-24-9-5-20-35(33)39)29-14-13-15-30(28-29)44-41-26-11-7-22-37(41)38-23-8-12-27-42(38)44;1-22(2)31-27-19-13-20-28(32-23(3)4)30(27)26-18-11-12-21-29(26)33(24-14-7-5-8-15-24)25-16-9-6-10-17-25;1-3-11-19-17(9-1)18-10-2-4-12-20(18)22-14-6-8-16-24(22)25-23-15-7-5-13-21(19)23;19-13-6-5-7-14(12-13)20-17-10-3-1-8-15(17)16-9-2-4-11-18(16)20/h1-28H;11-13,18-25H,5-10,14-17H2,1-4H3;1-16,25H;1-12H. The highest BCUT2D eigenvalue weighted by Gasteiger charge is 2.35. The predicted octanol–water partition coefficient (Wildman–Crippen LogP) is 32.2. The van der Waals surface area contributed by atoms with E-state index in [2.05, 4.69) is 451 Å². The van der Waals surface area contributed by atoms with E-state index in [4.69, 9.17) is 9.47 Å². The molecule has 0 saturated heterocycles. The largest absolute Gasteiger partial charge is 0.490 e. The molecule has 0 spiro atoms. The number of fused-ring (bicyclic) bond motifs is 20. The quantitative estimate of drug-likeness (QED) is 0.104. The zero-order valence-electron chi connectivity index (χ0n) is 69.7. The summed E-state index contributed by atoms with van der Waals surface area (Å²) >= 11 is 2.36. The minimum absolute atomic E-state index is 0.128. The molecule has 4 heterocycles. The number of hydrogen-bond acceptors (Lipinski definition) is 2. The van der Waals surface area contributed by atoms with Gasteiger partial charge in [0.15, 0.2) is 0 Å². The predicted molar refractivity (Wildman–Crippen MR) is 533 cm³/mol. The minimum Gasteiger partial charge on any atom is -0.490 e. The van der Waals surface area contributed by atoms with Crippen LogP contribution in [0, 0.1) is 3.57 Å². The number of aromatic amines is 1. The maximum atomic E-state index is 6.37. The van der Waals surface area contributed by atoms with Gasteiger partial charge in [-0.1, -0.05) is 332 Å². The Morgan fingerprint density at radius 1 is 0.270 bits per heavy atom. The topological polar surface area (TPSA) is 49.0 Å². The summed E-state index contributed by atoms with van der Waals surface area (Å²) in [5.41, 5.74) is 17.2. The highest BCUT2D eigenvalue weighted by Crippen LogP contribution is 2.57. The Hall–Kier alpha value is -12.5. The molecule has 0 unspecified atom stereocenters. The summed E-state index contributed by atoms with van der Waals surface area (Å²) in [5, 5.41) is 21.6. The number of nitrogens with zero attached hydrogens (tertiary/aromatic N) is 3. The van der Waals surface area contributed by atoms with E-state index < -0.39 is 0 Å². The van der Waals surface area contributed by atoms with E-state index in [0.717, 1.165) is 61.8 Å². The first kappa shape index (κ1) is 79.3. The molecule has 0 bridgehead atoms. The van der Waals surface area contributed by atoms with E-state index in [0.29, 0.717) is 0 Å². The lowest BCUT2D eigenvalue weighted by atomic mass is 9.99. The van der Waals surface area contributed by atoms with Crippen molar-refractivity contribution in [3.05, 3.63) is 386 Å². The molecule has 1 N–H and O–H groups in total. The summed E-state index contributed by atoms with van der Waals surface area (Å²) in [4.78, 5) is 3.66. The van der Waals surface area contributed by atoms with Gasteiger partial charge in [-0.3, -0.25) is 0 Å². The van der Waals surface area contributed by atoms with Crippen LogP contribution in [0.25, 0.3) is 159 Å². The van der Waals surface area contributed by atoms with Crippen molar-refractivity contribution in [2.45, 2.75) is 115 Å². The molecule has 22 rings (SSSR count). The van der Waals surface area contributed by atoms with E-state index in [-0.39, 0.29) is 20.1 Å². The molecular weight excluding hydrogens is 1620 g/mol. The van der Waals surface area contributed by atoms with Crippen LogP contribution in [-0.2, 0) is 0 Å². The van der Waals surface area contributed by atoms with Crippen molar-refractivity contribution in [3.8, 4) is 39.7 Å². The number of rotatable bonds is 11. The lowest BCUT2D eigenvalue weighted by Crippen LogP contribution is -2.27. The second kappa shape index (κ2) is 36.0. The summed E-state index contributed by atoms with van der Waals surface area (Å²) in [6.45, 7) is 8.45. The van der Waals surface area contributed by atoms with Crippen LogP contribution < -0.4 is 14.8 Å². The van der Waals surface area contributed by atoms with E-state index in [9.17, 15) is 0 Å². The van der Waals surface area contributed by atoms with Crippen LogP contribution in [0.5, 0.6) is 11.5 Å². The van der Waals surface area contributed by atoms with Crippen molar-refractivity contribution in [1.82, 2.24) is 18.7 Å². The second-order valence-electron chi connectivity index (χ2n) is 33.0. The molecule has 0 amide bonds. The summed E-state index contributed by atoms with van der Waals surface area (Å²) in [7, 11) is -0.213. The van der Waals surface area contributed by atoms with Gasteiger partial charge in [-0.25, -0.2) is 0 Å². The molecule has 8 heteroatoms. The molecule has 20 aromatic rings. The normalized spacial score (nSPS) is 13.3. The molecule has 600 valence electrons. The fourth-order valence-corrected chi connectivity index (χ4v) is 23.9. The molecule has 2 fully saturated rings. The van der Waals surface area contributed by atoms with Gasteiger partial charge in [-0.2, -0.15) is 0 Å². The van der Waals surface area contributed by atoms with E-state index in [1.54, 1.807) is 5.30 Å². The first-order chi connectivity index (χ1) is 60.2. The van der Waals surface area contributed by atoms with Crippen molar-refractivity contribution in [2.75, 3.05) is 0 Å². The average Bonchev–Trinajstić information content (AvgIpc) is 1.75. The number of hydrogen-bond donors (Lipinski definition) is 1. The summed E-state index contributed by atoms with van der Waals surface area (Å²) in [6, 6.07) is 137. The third kappa shape index (κ3) is 15.9. The average molecular weight is 1720 g/mol.